The highest BCUT2D eigenvalue weighted by Crippen LogP contribution is 2.36. The van der Waals surface area contributed by atoms with Crippen LogP contribution < -0.4 is 10.6 Å². The Balaban J connectivity index is 1.45. The Morgan fingerprint density at radius 1 is 1.21 bits per heavy atom. The first kappa shape index (κ1) is 15.6. The van der Waals surface area contributed by atoms with Crippen molar-refractivity contribution < 1.29 is 4.79 Å². The first-order chi connectivity index (χ1) is 11.7. The smallest absolute Gasteiger partial charge is 0.315 e. The monoisotopic (exact) mass is 342 g/mol. The van der Waals surface area contributed by atoms with Gasteiger partial charge in [0.05, 0.1) is 18.3 Å². The highest BCUT2D eigenvalue weighted by molar-refractivity contribution is 7.99. The molecule has 5 nitrogen and oxygen atoms in total. The molecular weight excluding hydrogens is 320 g/mol. The molecule has 0 unspecified atom stereocenters. The van der Waals surface area contributed by atoms with E-state index in [0.717, 1.165) is 31.4 Å². The van der Waals surface area contributed by atoms with Gasteiger partial charge in [-0.1, -0.05) is 18.2 Å². The van der Waals surface area contributed by atoms with E-state index in [9.17, 15) is 4.79 Å². The zero-order valence-corrected chi connectivity index (χ0v) is 14.6. The Morgan fingerprint density at radius 2 is 2.00 bits per heavy atom. The number of hydrogen-bond acceptors (Lipinski definition) is 3. The molecule has 2 amide bonds. The third-order valence-electron chi connectivity index (χ3n) is 4.94. The summed E-state index contributed by atoms with van der Waals surface area (Å²) in [5, 5.41) is 10.7. The molecule has 0 saturated heterocycles. The Labute approximate surface area is 146 Å². The van der Waals surface area contributed by atoms with Crippen molar-refractivity contribution in [3.05, 3.63) is 47.3 Å². The van der Waals surface area contributed by atoms with Crippen LogP contribution in [0, 0.1) is 0 Å². The minimum absolute atomic E-state index is 0.0654. The molecule has 6 heteroatoms. The van der Waals surface area contributed by atoms with E-state index in [1.54, 1.807) is 0 Å². The highest BCUT2D eigenvalue weighted by atomic mass is 32.2. The zero-order valence-electron chi connectivity index (χ0n) is 13.8. The van der Waals surface area contributed by atoms with Crippen molar-refractivity contribution in [3.63, 3.8) is 0 Å². The topological polar surface area (TPSA) is 59.0 Å². The van der Waals surface area contributed by atoms with E-state index in [1.165, 1.54) is 21.7 Å². The van der Waals surface area contributed by atoms with Crippen molar-refractivity contribution in [2.45, 2.75) is 42.7 Å². The predicted octanol–water partition coefficient (Wildman–Crippen LogP) is 3.33. The lowest BCUT2D eigenvalue weighted by atomic mass is 9.93. The van der Waals surface area contributed by atoms with Crippen LogP contribution in [0.2, 0.25) is 0 Å². The summed E-state index contributed by atoms with van der Waals surface area (Å²) in [5.74, 6) is 1.04. The number of urea groups is 1. The first-order valence-electron chi connectivity index (χ1n) is 8.52. The number of benzene rings is 1. The number of thioether (sulfide) groups is 1. The van der Waals surface area contributed by atoms with Crippen molar-refractivity contribution in [1.82, 2.24) is 20.4 Å². The van der Waals surface area contributed by atoms with E-state index in [4.69, 9.17) is 0 Å². The number of hydrogen-bond donors (Lipinski definition) is 2. The summed E-state index contributed by atoms with van der Waals surface area (Å²) in [6, 6.07) is 8.43. The van der Waals surface area contributed by atoms with Gasteiger partial charge in [0, 0.05) is 29.0 Å². The molecule has 2 atom stereocenters. The molecule has 1 aliphatic carbocycles. The van der Waals surface area contributed by atoms with Crippen LogP contribution >= 0.6 is 11.8 Å². The number of aryl methyl sites for hydroxylation is 1. The van der Waals surface area contributed by atoms with Crippen LogP contribution in [-0.2, 0) is 13.5 Å². The van der Waals surface area contributed by atoms with Gasteiger partial charge < -0.3 is 10.6 Å². The Kier molecular flexibility index (Phi) is 4.22. The van der Waals surface area contributed by atoms with Gasteiger partial charge >= 0.3 is 6.03 Å². The quantitative estimate of drug-likeness (QED) is 0.880. The van der Waals surface area contributed by atoms with Crippen molar-refractivity contribution in [2.24, 2.45) is 7.05 Å². The Morgan fingerprint density at radius 3 is 2.88 bits per heavy atom. The van der Waals surface area contributed by atoms with Crippen LogP contribution in [0.15, 0.2) is 35.4 Å². The van der Waals surface area contributed by atoms with Gasteiger partial charge in [0.2, 0.25) is 0 Å². The highest BCUT2D eigenvalue weighted by Gasteiger charge is 2.27. The number of aromatic nitrogens is 2. The molecule has 2 heterocycles. The lowest BCUT2D eigenvalue weighted by molar-refractivity contribution is 0.231. The fourth-order valence-electron chi connectivity index (χ4n) is 3.71. The maximum absolute atomic E-state index is 12.5. The third-order valence-corrected chi connectivity index (χ3v) is 6.07. The summed E-state index contributed by atoms with van der Waals surface area (Å²) in [7, 11) is 1.97. The van der Waals surface area contributed by atoms with Crippen LogP contribution in [0.1, 0.15) is 48.2 Å². The summed E-state index contributed by atoms with van der Waals surface area (Å²) >= 11 is 1.87. The lowest BCUT2D eigenvalue weighted by Crippen LogP contribution is -2.41. The maximum atomic E-state index is 12.5. The minimum atomic E-state index is -0.0802. The summed E-state index contributed by atoms with van der Waals surface area (Å²) in [4.78, 5) is 13.8. The average Bonchev–Trinajstić information content (AvgIpc) is 2.98. The molecule has 1 aromatic heterocycles. The van der Waals surface area contributed by atoms with Crippen LogP contribution in [0.3, 0.4) is 0 Å². The molecule has 2 N–H and O–H groups in total. The molecule has 1 aliphatic heterocycles. The largest absolute Gasteiger partial charge is 0.331 e. The van der Waals surface area contributed by atoms with E-state index in [1.807, 2.05) is 35.8 Å². The van der Waals surface area contributed by atoms with Gasteiger partial charge in [-0.25, -0.2) is 4.79 Å². The number of fused-ring (bicyclic) bond motifs is 2. The van der Waals surface area contributed by atoms with E-state index < -0.39 is 0 Å². The third kappa shape index (κ3) is 2.90. The van der Waals surface area contributed by atoms with Crippen LogP contribution in [0.4, 0.5) is 4.79 Å². The van der Waals surface area contributed by atoms with Gasteiger partial charge in [-0.2, -0.15) is 5.10 Å². The minimum Gasteiger partial charge on any atom is -0.331 e. The van der Waals surface area contributed by atoms with Gasteiger partial charge in [0.15, 0.2) is 0 Å². The summed E-state index contributed by atoms with van der Waals surface area (Å²) in [6.45, 7) is 0. The number of carbonyl (C=O) groups excluding carboxylic acids is 1. The molecule has 0 bridgehead atoms. The zero-order chi connectivity index (χ0) is 16.5. The van der Waals surface area contributed by atoms with E-state index in [2.05, 4.69) is 33.9 Å². The summed E-state index contributed by atoms with van der Waals surface area (Å²) in [6.07, 6.45) is 5.96. The molecule has 0 spiro atoms. The molecule has 126 valence electrons. The summed E-state index contributed by atoms with van der Waals surface area (Å²) in [5.41, 5.74) is 3.64. The molecule has 1 aromatic carbocycles. The molecule has 0 fully saturated rings. The molecule has 0 radical (unpaired) electrons. The Hall–Kier alpha value is -1.95. The maximum Gasteiger partial charge on any atom is 0.315 e. The van der Waals surface area contributed by atoms with Crippen LogP contribution in [0.5, 0.6) is 0 Å². The number of nitrogens with zero attached hydrogens (tertiary/aromatic N) is 2. The summed E-state index contributed by atoms with van der Waals surface area (Å²) < 4.78 is 1.93. The van der Waals surface area contributed by atoms with Crippen LogP contribution in [-0.4, -0.2) is 21.6 Å². The SMILES string of the molecule is Cn1ncc2c1CCC[C@@H]2NC(=O)N[C@H]1CCSc2ccccc21. The second-order valence-corrected chi connectivity index (χ2v) is 7.60. The van der Waals surface area contributed by atoms with Gasteiger partial charge in [0.25, 0.3) is 0 Å². The predicted molar refractivity (Wildman–Crippen MR) is 95.1 cm³/mol. The van der Waals surface area contributed by atoms with Crippen molar-refractivity contribution >= 4 is 17.8 Å². The molecule has 0 saturated carbocycles. The van der Waals surface area contributed by atoms with Gasteiger partial charge in [-0.15, -0.1) is 11.8 Å². The molecule has 24 heavy (non-hydrogen) atoms. The Bertz CT molecular complexity index is 757. The fraction of sp³-hybridized carbons (Fsp3) is 0.444. The van der Waals surface area contributed by atoms with Gasteiger partial charge in [-0.05, 0) is 37.3 Å². The van der Waals surface area contributed by atoms with Gasteiger partial charge in [0.1, 0.15) is 0 Å². The molecular formula is C18H22N4OS. The van der Waals surface area contributed by atoms with Crippen molar-refractivity contribution in [1.29, 1.82) is 0 Å². The first-order valence-corrected chi connectivity index (χ1v) is 9.50. The fourth-order valence-corrected chi connectivity index (χ4v) is 4.83. The van der Waals surface area contributed by atoms with Crippen molar-refractivity contribution in [2.75, 3.05) is 5.75 Å². The number of carbonyl (C=O) groups is 1. The van der Waals surface area contributed by atoms with E-state index in [0.29, 0.717) is 0 Å². The number of rotatable bonds is 2. The normalized spacial score (nSPS) is 22.4. The lowest BCUT2D eigenvalue weighted by Gasteiger charge is -2.28. The second-order valence-electron chi connectivity index (χ2n) is 6.46. The van der Waals surface area contributed by atoms with E-state index in [-0.39, 0.29) is 18.1 Å². The molecule has 2 aliphatic rings. The molecule has 4 rings (SSSR count). The molecule has 2 aromatic rings. The standard InChI is InChI=1S/C18H22N4OS/c1-22-16-7-4-6-14(13(16)11-19-22)20-18(23)21-15-9-10-24-17-8-3-2-5-12(15)17/h2-3,5,8,11,14-15H,4,6-7,9-10H2,1H3,(H2,20,21,23)/t14-,15-/m0/s1. The number of amides is 2. The van der Waals surface area contributed by atoms with Crippen molar-refractivity contribution in [3.8, 4) is 0 Å². The van der Waals surface area contributed by atoms with E-state index >= 15 is 0 Å². The second kappa shape index (κ2) is 6.51. The number of nitrogens with one attached hydrogen (secondary N) is 2. The van der Waals surface area contributed by atoms with Crippen LogP contribution in [0.25, 0.3) is 0 Å². The van der Waals surface area contributed by atoms with Gasteiger partial charge in [-0.3, -0.25) is 4.68 Å². The average molecular weight is 342 g/mol.